The molecule has 0 saturated heterocycles. The minimum absolute atomic E-state index is 0.0924. The monoisotopic (exact) mass is 557 g/mol. The minimum atomic E-state index is -0.727. The molecule has 9 heteroatoms. The van der Waals surface area contributed by atoms with E-state index in [1.54, 1.807) is 13.2 Å². The topological polar surface area (TPSA) is 95.9 Å². The maximum Gasteiger partial charge on any atom is 0.343 e. The molecule has 41 heavy (non-hydrogen) atoms. The zero-order valence-electron chi connectivity index (χ0n) is 23.4. The number of esters is 1. The molecule has 3 aliphatic rings. The van der Waals surface area contributed by atoms with E-state index in [4.69, 9.17) is 28.4 Å². The van der Waals surface area contributed by atoms with E-state index in [2.05, 4.69) is 16.7 Å². The van der Waals surface area contributed by atoms with E-state index in [0.29, 0.717) is 52.8 Å². The highest BCUT2D eigenvalue weighted by Gasteiger charge is 2.48. The van der Waals surface area contributed by atoms with Crippen LogP contribution in [0.15, 0.2) is 42.5 Å². The van der Waals surface area contributed by atoms with Crippen molar-refractivity contribution in [2.24, 2.45) is 0 Å². The first-order valence-electron chi connectivity index (χ1n) is 13.4. The third-order valence-electron chi connectivity index (χ3n) is 7.89. The van der Waals surface area contributed by atoms with Crippen LogP contribution in [-0.4, -0.2) is 57.2 Å². The first-order chi connectivity index (χ1) is 20.0. The molecule has 0 fully saturated rings. The number of benzene rings is 3. The summed E-state index contributed by atoms with van der Waals surface area (Å²) in [4.78, 5) is 15.7. The van der Waals surface area contributed by atoms with Gasteiger partial charge in [0.05, 0.1) is 33.4 Å². The number of fused-ring (bicyclic) bond motifs is 3. The van der Waals surface area contributed by atoms with Crippen molar-refractivity contribution in [3.05, 3.63) is 75.8 Å². The van der Waals surface area contributed by atoms with Crippen LogP contribution in [0.2, 0.25) is 0 Å². The predicted octanol–water partition coefficient (Wildman–Crippen LogP) is 4.30. The van der Waals surface area contributed by atoms with E-state index >= 15 is 0 Å². The molecular formula is C32H31NO8. The van der Waals surface area contributed by atoms with E-state index in [9.17, 15) is 9.90 Å². The highest BCUT2D eigenvalue weighted by Crippen LogP contribution is 2.56. The zero-order chi connectivity index (χ0) is 28.7. The Morgan fingerprint density at radius 3 is 2.54 bits per heavy atom. The fourth-order valence-corrected chi connectivity index (χ4v) is 6.09. The lowest BCUT2D eigenvalue weighted by Gasteiger charge is -2.43. The second kappa shape index (κ2) is 10.9. The number of methoxy groups -OCH3 is 3. The summed E-state index contributed by atoms with van der Waals surface area (Å²) in [7, 11) is 4.63. The maximum absolute atomic E-state index is 13.5. The fourth-order valence-electron chi connectivity index (χ4n) is 6.09. The molecule has 3 aliphatic heterocycles. The summed E-state index contributed by atoms with van der Waals surface area (Å²) < 4.78 is 34.8. The van der Waals surface area contributed by atoms with Crippen molar-refractivity contribution in [2.75, 3.05) is 41.3 Å². The predicted molar refractivity (Wildman–Crippen MR) is 149 cm³/mol. The van der Waals surface area contributed by atoms with Crippen LogP contribution in [0, 0.1) is 18.8 Å². The molecule has 0 spiro atoms. The number of ether oxygens (including phenoxy) is 6. The second-order valence-electron chi connectivity index (χ2n) is 10.0. The Bertz CT molecular complexity index is 1550. The van der Waals surface area contributed by atoms with Crippen LogP contribution in [-0.2, 0) is 11.2 Å². The van der Waals surface area contributed by atoms with Crippen molar-refractivity contribution in [3.8, 4) is 40.6 Å². The molecule has 1 N–H and O–H groups in total. The number of aryl methyl sites for hydroxylation is 1. The van der Waals surface area contributed by atoms with E-state index in [1.165, 1.54) is 14.2 Å². The van der Waals surface area contributed by atoms with Gasteiger partial charge < -0.3 is 33.5 Å². The van der Waals surface area contributed by atoms with E-state index in [1.807, 2.05) is 43.3 Å². The van der Waals surface area contributed by atoms with E-state index in [0.717, 1.165) is 22.3 Å². The fraction of sp³-hybridized carbons (Fsp3) is 0.344. The maximum atomic E-state index is 13.5. The Morgan fingerprint density at radius 2 is 1.83 bits per heavy atom. The largest absolute Gasteiger partial charge is 0.493 e. The van der Waals surface area contributed by atoms with Crippen LogP contribution in [0.5, 0.6) is 28.7 Å². The number of hydrogen-bond donors (Lipinski definition) is 1. The van der Waals surface area contributed by atoms with E-state index < -0.39 is 24.2 Å². The first kappa shape index (κ1) is 26.8. The van der Waals surface area contributed by atoms with Crippen molar-refractivity contribution < 1.29 is 38.3 Å². The van der Waals surface area contributed by atoms with Crippen LogP contribution >= 0.6 is 0 Å². The molecule has 3 aromatic rings. The molecule has 0 saturated carbocycles. The third-order valence-corrected chi connectivity index (χ3v) is 7.89. The van der Waals surface area contributed by atoms with Crippen LogP contribution in [0.4, 0.5) is 0 Å². The van der Waals surface area contributed by atoms with Gasteiger partial charge in [0.1, 0.15) is 18.3 Å². The van der Waals surface area contributed by atoms with Gasteiger partial charge in [-0.15, -0.1) is 0 Å². The van der Waals surface area contributed by atoms with Crippen LogP contribution in [0.1, 0.15) is 56.4 Å². The summed E-state index contributed by atoms with van der Waals surface area (Å²) in [5.74, 6) is 8.08. The average Bonchev–Trinajstić information content (AvgIpc) is 3.60. The van der Waals surface area contributed by atoms with Gasteiger partial charge in [-0.2, -0.15) is 0 Å². The SMILES string of the molecule is COc1ccc2c(c1OC)C(=O)O[C@H]2[C@@H]1c2c(cc3c(c2OC)OCO3)CCN1C(C#CCO)c1ccc(C)cc1. The van der Waals surface area contributed by atoms with Gasteiger partial charge >= 0.3 is 5.97 Å². The number of aliphatic hydroxyl groups is 1. The molecule has 0 aromatic heterocycles. The smallest absolute Gasteiger partial charge is 0.343 e. The number of carbonyl (C=O) groups is 1. The van der Waals surface area contributed by atoms with Crippen molar-refractivity contribution in [1.82, 2.24) is 4.90 Å². The molecule has 3 aromatic carbocycles. The van der Waals surface area contributed by atoms with Gasteiger partial charge in [-0.05, 0) is 36.6 Å². The Labute approximate surface area is 238 Å². The summed E-state index contributed by atoms with van der Waals surface area (Å²) in [6, 6.07) is 12.8. The molecule has 3 heterocycles. The Morgan fingerprint density at radius 1 is 1.05 bits per heavy atom. The number of carbonyl (C=O) groups excluding carboxylic acids is 1. The van der Waals surface area contributed by atoms with Gasteiger partial charge in [0.2, 0.25) is 12.5 Å². The first-order valence-corrected chi connectivity index (χ1v) is 13.4. The molecule has 3 atom stereocenters. The van der Waals surface area contributed by atoms with Gasteiger partial charge in [0.15, 0.2) is 23.0 Å². The standard InChI is InChI=1S/C32H31NO8/c1-18-7-9-19(10-8-18)22(6-5-15-34)33-14-13-20-16-24-30(40-17-39-24)31(38-4)25(20)27(33)28-21-11-12-23(36-2)29(37-3)26(21)32(35)41-28/h7-12,16,22,27-28,34H,13-15,17H2,1-4H3/t22?,27-,28+/m0/s1. The number of cyclic esters (lactones) is 1. The molecule has 212 valence electrons. The normalized spacial score (nSPS) is 19.4. The Balaban J connectivity index is 1.58. The quantitative estimate of drug-likeness (QED) is 0.352. The van der Waals surface area contributed by atoms with Gasteiger partial charge in [-0.1, -0.05) is 47.7 Å². The molecule has 0 aliphatic carbocycles. The third kappa shape index (κ3) is 4.40. The average molecular weight is 558 g/mol. The van der Waals surface area contributed by atoms with Crippen molar-refractivity contribution >= 4 is 5.97 Å². The molecule has 0 bridgehead atoms. The lowest BCUT2D eigenvalue weighted by molar-refractivity contribution is -0.00370. The highest BCUT2D eigenvalue weighted by atomic mass is 16.7. The molecule has 0 radical (unpaired) electrons. The van der Waals surface area contributed by atoms with Crippen LogP contribution < -0.4 is 23.7 Å². The Kier molecular flexibility index (Phi) is 7.12. The lowest BCUT2D eigenvalue weighted by Crippen LogP contribution is -2.41. The summed E-state index contributed by atoms with van der Waals surface area (Å²) in [6.45, 7) is 2.44. The highest BCUT2D eigenvalue weighted by molar-refractivity contribution is 5.98. The summed E-state index contributed by atoms with van der Waals surface area (Å²) in [5.41, 5.74) is 4.94. The summed E-state index contributed by atoms with van der Waals surface area (Å²) in [6.07, 6.45) is -0.0592. The van der Waals surface area contributed by atoms with Gasteiger partial charge in [-0.3, -0.25) is 4.90 Å². The molecule has 9 nitrogen and oxygen atoms in total. The minimum Gasteiger partial charge on any atom is -0.493 e. The molecule has 0 amide bonds. The van der Waals surface area contributed by atoms with E-state index in [-0.39, 0.29) is 13.4 Å². The van der Waals surface area contributed by atoms with Crippen molar-refractivity contribution in [2.45, 2.75) is 31.5 Å². The molecular weight excluding hydrogens is 526 g/mol. The Hall–Kier alpha value is -4.39. The molecule has 6 rings (SSSR count). The van der Waals surface area contributed by atoms with Gasteiger partial charge in [0.25, 0.3) is 0 Å². The number of rotatable bonds is 6. The molecule has 1 unspecified atom stereocenters. The van der Waals surface area contributed by atoms with Crippen LogP contribution in [0.25, 0.3) is 0 Å². The number of hydrogen-bond acceptors (Lipinski definition) is 9. The summed E-state index contributed by atoms with van der Waals surface area (Å²) >= 11 is 0. The summed E-state index contributed by atoms with van der Waals surface area (Å²) in [5, 5.41) is 9.66. The number of nitrogens with zero attached hydrogens (tertiary/aromatic N) is 1. The van der Waals surface area contributed by atoms with Gasteiger partial charge in [0, 0.05) is 17.7 Å². The van der Waals surface area contributed by atoms with Crippen LogP contribution in [0.3, 0.4) is 0 Å². The number of aliphatic hydroxyl groups excluding tert-OH is 1. The zero-order valence-corrected chi connectivity index (χ0v) is 23.4. The van der Waals surface area contributed by atoms with Crippen molar-refractivity contribution in [3.63, 3.8) is 0 Å². The van der Waals surface area contributed by atoms with Gasteiger partial charge in [-0.25, -0.2) is 4.79 Å². The second-order valence-corrected chi connectivity index (χ2v) is 10.0. The lowest BCUT2D eigenvalue weighted by atomic mass is 9.83. The van der Waals surface area contributed by atoms with Crippen molar-refractivity contribution in [1.29, 1.82) is 0 Å².